The van der Waals surface area contributed by atoms with Crippen LogP contribution in [0.2, 0.25) is 10.0 Å². The van der Waals surface area contributed by atoms with E-state index < -0.39 is 4.92 Å². The summed E-state index contributed by atoms with van der Waals surface area (Å²) in [6, 6.07) is 13.4. The first kappa shape index (κ1) is 22.3. The van der Waals surface area contributed by atoms with Gasteiger partial charge in [-0.2, -0.15) is 5.10 Å². The Bertz CT molecular complexity index is 1090. The molecule has 0 fully saturated rings. The molecular weight excluding hydrogens is 443 g/mol. The number of nitro groups is 1. The van der Waals surface area contributed by atoms with E-state index in [1.165, 1.54) is 12.1 Å². The van der Waals surface area contributed by atoms with Crippen molar-refractivity contribution in [3.8, 4) is 11.5 Å². The number of hydrazone groups is 1. The number of aromatic nitrogens is 1. The van der Waals surface area contributed by atoms with E-state index in [2.05, 4.69) is 15.5 Å². The zero-order valence-corrected chi connectivity index (χ0v) is 17.9. The van der Waals surface area contributed by atoms with E-state index in [9.17, 15) is 10.1 Å². The first-order chi connectivity index (χ1) is 15.0. The van der Waals surface area contributed by atoms with Gasteiger partial charge in [-0.05, 0) is 48.9 Å². The predicted octanol–water partition coefficient (Wildman–Crippen LogP) is 5.72. The number of halogens is 2. The van der Waals surface area contributed by atoms with Crippen LogP contribution in [0.1, 0.15) is 18.1 Å². The van der Waals surface area contributed by atoms with Crippen LogP contribution < -0.4 is 14.9 Å². The van der Waals surface area contributed by atoms with Crippen LogP contribution in [-0.2, 0) is 6.61 Å². The lowest BCUT2D eigenvalue weighted by Gasteiger charge is -2.13. The summed E-state index contributed by atoms with van der Waals surface area (Å²) in [5, 5.41) is 15.8. The van der Waals surface area contributed by atoms with Crippen molar-refractivity contribution in [2.45, 2.75) is 13.5 Å². The number of rotatable bonds is 9. The highest BCUT2D eigenvalue weighted by Crippen LogP contribution is 2.30. The van der Waals surface area contributed by atoms with Crippen molar-refractivity contribution in [2.75, 3.05) is 12.0 Å². The van der Waals surface area contributed by atoms with Crippen molar-refractivity contribution in [3.63, 3.8) is 0 Å². The molecule has 1 aromatic heterocycles. The average molecular weight is 461 g/mol. The summed E-state index contributed by atoms with van der Waals surface area (Å²) < 4.78 is 11.6. The molecule has 0 amide bonds. The first-order valence-electron chi connectivity index (χ1n) is 9.19. The summed E-state index contributed by atoms with van der Waals surface area (Å²) in [6.45, 7) is 2.60. The summed E-state index contributed by atoms with van der Waals surface area (Å²) in [5.74, 6) is 1.51. The normalized spacial score (nSPS) is 10.8. The Balaban J connectivity index is 1.67. The first-order valence-corrected chi connectivity index (χ1v) is 9.95. The number of anilines is 1. The Morgan fingerprint density at radius 1 is 1.13 bits per heavy atom. The number of pyridine rings is 1. The summed E-state index contributed by atoms with van der Waals surface area (Å²) in [5.41, 5.74) is 4.19. The smallest absolute Gasteiger partial charge is 0.287 e. The molecule has 3 aromatic rings. The molecule has 0 radical (unpaired) electrons. The molecule has 0 spiro atoms. The molecule has 0 aliphatic rings. The number of hydrogen-bond acceptors (Lipinski definition) is 7. The van der Waals surface area contributed by atoms with Gasteiger partial charge < -0.3 is 9.47 Å². The molecular formula is C21H18Cl2N4O4. The monoisotopic (exact) mass is 460 g/mol. The van der Waals surface area contributed by atoms with Crippen LogP contribution in [0.4, 0.5) is 11.5 Å². The molecule has 0 aliphatic carbocycles. The second-order valence-corrected chi connectivity index (χ2v) is 7.04. The molecule has 31 heavy (non-hydrogen) atoms. The average Bonchev–Trinajstić information content (AvgIpc) is 2.75. The minimum Gasteiger partial charge on any atom is -0.490 e. The van der Waals surface area contributed by atoms with Gasteiger partial charge in [0.05, 0.1) is 17.7 Å². The standard InChI is InChI=1S/C21H18Cl2N4O4/c1-2-30-20-9-14(11-25-26-21-8-6-17(12-24-21)27(28)29)3-7-19(20)31-13-15-4-5-16(22)10-18(15)23/h3-12H,2,13H2,1H3,(H,24,26)/b25-11+. The van der Waals surface area contributed by atoms with Crippen LogP contribution in [0, 0.1) is 10.1 Å². The van der Waals surface area contributed by atoms with E-state index in [1.807, 2.05) is 19.1 Å². The predicted molar refractivity (Wildman–Crippen MR) is 121 cm³/mol. The third kappa shape index (κ3) is 6.31. The maximum atomic E-state index is 10.7. The van der Waals surface area contributed by atoms with Gasteiger partial charge in [0, 0.05) is 21.7 Å². The fourth-order valence-corrected chi connectivity index (χ4v) is 2.98. The Labute approximate surface area is 188 Å². The maximum absolute atomic E-state index is 10.7. The Hall–Kier alpha value is -3.36. The van der Waals surface area contributed by atoms with Crippen molar-refractivity contribution >= 4 is 40.9 Å². The van der Waals surface area contributed by atoms with Gasteiger partial charge in [0.25, 0.3) is 5.69 Å². The fraction of sp³-hybridized carbons (Fsp3) is 0.143. The van der Waals surface area contributed by atoms with Crippen molar-refractivity contribution in [1.29, 1.82) is 0 Å². The largest absolute Gasteiger partial charge is 0.490 e. The van der Waals surface area contributed by atoms with Gasteiger partial charge in [-0.25, -0.2) is 4.98 Å². The van der Waals surface area contributed by atoms with Crippen molar-refractivity contribution in [3.05, 3.63) is 86.0 Å². The number of nitrogens with zero attached hydrogens (tertiary/aromatic N) is 3. The molecule has 0 saturated heterocycles. The van der Waals surface area contributed by atoms with Crippen LogP contribution in [0.3, 0.4) is 0 Å². The zero-order chi connectivity index (χ0) is 22.2. The number of benzene rings is 2. The van der Waals surface area contributed by atoms with Crippen LogP contribution in [-0.4, -0.2) is 22.7 Å². The summed E-state index contributed by atoms with van der Waals surface area (Å²) in [7, 11) is 0. The van der Waals surface area contributed by atoms with E-state index in [4.69, 9.17) is 32.7 Å². The topological polar surface area (TPSA) is 98.9 Å². The highest BCUT2D eigenvalue weighted by Gasteiger charge is 2.09. The lowest BCUT2D eigenvalue weighted by Crippen LogP contribution is -2.01. The molecule has 0 atom stereocenters. The van der Waals surface area contributed by atoms with Crippen molar-refractivity contribution < 1.29 is 14.4 Å². The van der Waals surface area contributed by atoms with E-state index in [1.54, 1.807) is 30.5 Å². The molecule has 1 heterocycles. The second-order valence-electron chi connectivity index (χ2n) is 6.19. The van der Waals surface area contributed by atoms with Crippen LogP contribution >= 0.6 is 23.2 Å². The molecule has 8 nitrogen and oxygen atoms in total. The van der Waals surface area contributed by atoms with E-state index in [-0.39, 0.29) is 12.3 Å². The third-order valence-corrected chi connectivity index (χ3v) is 4.60. The molecule has 1 N–H and O–H groups in total. The van der Waals surface area contributed by atoms with Gasteiger partial charge in [0.15, 0.2) is 11.5 Å². The molecule has 10 heteroatoms. The van der Waals surface area contributed by atoms with Gasteiger partial charge in [0.2, 0.25) is 0 Å². The van der Waals surface area contributed by atoms with Gasteiger partial charge in [0.1, 0.15) is 18.6 Å². The van der Waals surface area contributed by atoms with Gasteiger partial charge in [-0.3, -0.25) is 15.5 Å². The highest BCUT2D eigenvalue weighted by atomic mass is 35.5. The summed E-state index contributed by atoms with van der Waals surface area (Å²) in [6.07, 6.45) is 2.73. The molecule has 160 valence electrons. The number of nitrogens with one attached hydrogen (secondary N) is 1. The van der Waals surface area contributed by atoms with Gasteiger partial charge >= 0.3 is 0 Å². The van der Waals surface area contributed by atoms with Crippen LogP contribution in [0.15, 0.2) is 59.8 Å². The molecule has 2 aromatic carbocycles. The number of hydrogen-bond donors (Lipinski definition) is 1. The van der Waals surface area contributed by atoms with Crippen molar-refractivity contribution in [2.24, 2.45) is 5.10 Å². The minimum absolute atomic E-state index is 0.0913. The van der Waals surface area contributed by atoms with Crippen molar-refractivity contribution in [1.82, 2.24) is 4.98 Å². The van der Waals surface area contributed by atoms with Gasteiger partial charge in [-0.15, -0.1) is 0 Å². The Morgan fingerprint density at radius 3 is 2.65 bits per heavy atom. The zero-order valence-electron chi connectivity index (χ0n) is 16.4. The highest BCUT2D eigenvalue weighted by molar-refractivity contribution is 6.35. The van der Waals surface area contributed by atoms with Crippen LogP contribution in [0.25, 0.3) is 0 Å². The van der Waals surface area contributed by atoms with Gasteiger partial charge in [-0.1, -0.05) is 29.3 Å². The quantitative estimate of drug-likeness (QED) is 0.249. The van der Waals surface area contributed by atoms with Crippen LogP contribution in [0.5, 0.6) is 11.5 Å². The summed E-state index contributed by atoms with van der Waals surface area (Å²) in [4.78, 5) is 14.1. The lowest BCUT2D eigenvalue weighted by molar-refractivity contribution is -0.385. The Kier molecular flexibility index (Phi) is 7.64. The maximum Gasteiger partial charge on any atom is 0.287 e. The molecule has 0 aliphatic heterocycles. The second kappa shape index (κ2) is 10.6. The Morgan fingerprint density at radius 2 is 1.97 bits per heavy atom. The molecule has 0 bridgehead atoms. The lowest BCUT2D eigenvalue weighted by atomic mass is 10.2. The number of ether oxygens (including phenoxy) is 2. The van der Waals surface area contributed by atoms with E-state index in [0.717, 1.165) is 17.3 Å². The molecule has 3 rings (SSSR count). The molecule has 0 unspecified atom stereocenters. The fourth-order valence-electron chi connectivity index (χ4n) is 2.52. The molecule has 0 saturated carbocycles. The third-order valence-electron chi connectivity index (χ3n) is 4.02. The van der Waals surface area contributed by atoms with E-state index in [0.29, 0.717) is 34.0 Å². The minimum atomic E-state index is -0.514. The van der Waals surface area contributed by atoms with E-state index >= 15 is 0 Å². The summed E-state index contributed by atoms with van der Waals surface area (Å²) >= 11 is 12.1. The SMILES string of the molecule is CCOc1cc(/C=N/Nc2ccc([N+](=O)[O-])cn2)ccc1OCc1ccc(Cl)cc1Cl.